The van der Waals surface area contributed by atoms with Gasteiger partial charge in [0.15, 0.2) is 0 Å². The van der Waals surface area contributed by atoms with E-state index in [4.69, 9.17) is 4.74 Å². The molecule has 2 atom stereocenters. The van der Waals surface area contributed by atoms with Crippen LogP contribution < -0.4 is 20.9 Å². The van der Waals surface area contributed by atoms with Crippen molar-refractivity contribution >= 4 is 23.3 Å². The molecule has 0 radical (unpaired) electrons. The van der Waals surface area contributed by atoms with Crippen molar-refractivity contribution in [2.45, 2.75) is 18.9 Å². The molecular formula is C26H26N4O4. The van der Waals surface area contributed by atoms with Crippen LogP contribution in [-0.2, 0) is 6.54 Å². The highest BCUT2D eigenvalue weighted by Crippen LogP contribution is 2.35. The lowest BCUT2D eigenvalue weighted by Crippen LogP contribution is -2.50. The highest BCUT2D eigenvalue weighted by Gasteiger charge is 2.36. The molecule has 2 unspecified atom stereocenters. The maximum absolute atomic E-state index is 13.2. The summed E-state index contributed by atoms with van der Waals surface area (Å²) in [5.74, 6) is 0.661. The quantitative estimate of drug-likeness (QED) is 0.623. The van der Waals surface area contributed by atoms with Crippen molar-refractivity contribution in [2.75, 3.05) is 30.8 Å². The molecule has 2 aromatic carbocycles. The summed E-state index contributed by atoms with van der Waals surface area (Å²) in [6.45, 7) is 1.63. The normalized spacial score (nSPS) is 18.6. The van der Waals surface area contributed by atoms with Gasteiger partial charge in [0.2, 0.25) is 0 Å². The van der Waals surface area contributed by atoms with E-state index in [0.717, 1.165) is 17.9 Å². The number of nitrogens with one attached hydrogen (secondary N) is 2. The molecule has 2 N–H and O–H groups in total. The first kappa shape index (κ1) is 21.8. The second-order valence-electron chi connectivity index (χ2n) is 8.77. The molecule has 3 heterocycles. The molecule has 34 heavy (non-hydrogen) atoms. The molecular weight excluding hydrogens is 432 g/mol. The third kappa shape index (κ3) is 4.26. The first-order valence-corrected chi connectivity index (χ1v) is 11.3. The van der Waals surface area contributed by atoms with Gasteiger partial charge in [0.25, 0.3) is 11.5 Å². The maximum Gasteiger partial charge on any atom is 0.321 e. The number of carbonyl (C=O) groups is 2. The molecule has 2 aliphatic heterocycles. The number of fused-ring (bicyclic) bond motifs is 4. The fourth-order valence-electron chi connectivity index (χ4n) is 4.87. The molecule has 0 aliphatic carbocycles. The van der Waals surface area contributed by atoms with Crippen molar-refractivity contribution < 1.29 is 14.3 Å². The highest BCUT2D eigenvalue weighted by molar-refractivity contribution is 6.04. The van der Waals surface area contributed by atoms with Crippen molar-refractivity contribution in [2.24, 2.45) is 5.92 Å². The number of aromatic nitrogens is 1. The average Bonchev–Trinajstić information content (AvgIpc) is 2.87. The Morgan fingerprint density at radius 1 is 0.912 bits per heavy atom. The zero-order valence-electron chi connectivity index (χ0n) is 18.9. The van der Waals surface area contributed by atoms with E-state index in [-0.39, 0.29) is 35.0 Å². The van der Waals surface area contributed by atoms with Gasteiger partial charge in [-0.05, 0) is 60.9 Å². The number of urea groups is 1. The number of ether oxygens (including phenoxy) is 1. The maximum atomic E-state index is 13.2. The summed E-state index contributed by atoms with van der Waals surface area (Å²) in [7, 11) is 1.60. The Morgan fingerprint density at radius 2 is 1.68 bits per heavy atom. The Balaban J connectivity index is 1.31. The predicted octanol–water partition coefficient (Wildman–Crippen LogP) is 3.76. The van der Waals surface area contributed by atoms with Crippen molar-refractivity contribution in [1.82, 2.24) is 9.47 Å². The van der Waals surface area contributed by atoms with Gasteiger partial charge < -0.3 is 24.8 Å². The molecule has 1 fully saturated rings. The van der Waals surface area contributed by atoms with E-state index in [1.807, 2.05) is 29.2 Å². The molecule has 5 rings (SSSR count). The zero-order valence-corrected chi connectivity index (χ0v) is 18.9. The summed E-state index contributed by atoms with van der Waals surface area (Å²) in [5, 5.41) is 5.70. The van der Waals surface area contributed by atoms with Gasteiger partial charge in [0, 0.05) is 42.5 Å². The number of nitrogens with zero attached hydrogens (tertiary/aromatic N) is 2. The van der Waals surface area contributed by atoms with Gasteiger partial charge >= 0.3 is 6.03 Å². The lowest BCUT2D eigenvalue weighted by atomic mass is 9.83. The summed E-state index contributed by atoms with van der Waals surface area (Å²) in [6.07, 6.45) is 0.932. The van der Waals surface area contributed by atoms with E-state index in [9.17, 15) is 14.4 Å². The van der Waals surface area contributed by atoms with Crippen LogP contribution in [0.15, 0.2) is 71.5 Å². The van der Waals surface area contributed by atoms with E-state index in [0.29, 0.717) is 30.9 Å². The molecule has 0 spiro atoms. The molecule has 3 amide bonds. The van der Waals surface area contributed by atoms with Gasteiger partial charge in [0.05, 0.1) is 7.11 Å². The summed E-state index contributed by atoms with van der Waals surface area (Å²) >= 11 is 0. The summed E-state index contributed by atoms with van der Waals surface area (Å²) in [5.41, 5.74) is 2.18. The second kappa shape index (κ2) is 9.05. The molecule has 3 aromatic rings. The number of likely N-dealkylation sites (tertiary alicyclic amines) is 1. The SMILES string of the molecule is COc1ccc(NC(=O)N2CC3CC(C2)c2ccc(NC(=O)c4ccccc4)c(=O)n2C3)cc1. The first-order chi connectivity index (χ1) is 16.5. The molecule has 2 aliphatic rings. The van der Waals surface area contributed by atoms with Gasteiger partial charge in [0.1, 0.15) is 11.4 Å². The number of hydrogen-bond donors (Lipinski definition) is 2. The molecule has 2 bridgehead atoms. The van der Waals surface area contributed by atoms with Gasteiger partial charge in [-0.1, -0.05) is 18.2 Å². The minimum atomic E-state index is -0.310. The van der Waals surface area contributed by atoms with E-state index < -0.39 is 0 Å². The van der Waals surface area contributed by atoms with Crippen molar-refractivity contribution in [3.05, 3.63) is 88.3 Å². The summed E-state index contributed by atoms with van der Waals surface area (Å²) in [6, 6.07) is 19.5. The topological polar surface area (TPSA) is 92.7 Å². The lowest BCUT2D eigenvalue weighted by molar-refractivity contribution is 0.102. The summed E-state index contributed by atoms with van der Waals surface area (Å²) < 4.78 is 6.92. The summed E-state index contributed by atoms with van der Waals surface area (Å²) in [4.78, 5) is 40.4. The largest absolute Gasteiger partial charge is 0.497 e. The zero-order chi connectivity index (χ0) is 23.7. The highest BCUT2D eigenvalue weighted by atomic mass is 16.5. The van der Waals surface area contributed by atoms with Crippen LogP contribution in [0.2, 0.25) is 0 Å². The van der Waals surface area contributed by atoms with E-state index in [1.54, 1.807) is 54.1 Å². The van der Waals surface area contributed by atoms with Crippen molar-refractivity contribution in [3.8, 4) is 5.75 Å². The number of pyridine rings is 1. The molecule has 1 saturated heterocycles. The Hall–Kier alpha value is -4.07. The lowest BCUT2D eigenvalue weighted by Gasteiger charge is -2.42. The van der Waals surface area contributed by atoms with Crippen LogP contribution in [0, 0.1) is 5.92 Å². The monoisotopic (exact) mass is 458 g/mol. The Kier molecular flexibility index (Phi) is 5.79. The number of anilines is 2. The predicted molar refractivity (Wildman–Crippen MR) is 130 cm³/mol. The fraction of sp³-hybridized carbons (Fsp3) is 0.269. The van der Waals surface area contributed by atoms with Crippen LogP contribution in [0.4, 0.5) is 16.2 Å². The van der Waals surface area contributed by atoms with Crippen LogP contribution in [0.25, 0.3) is 0 Å². The van der Waals surface area contributed by atoms with Crippen LogP contribution in [0.3, 0.4) is 0 Å². The number of amides is 3. The molecule has 0 saturated carbocycles. The number of methoxy groups -OCH3 is 1. The smallest absolute Gasteiger partial charge is 0.321 e. The number of rotatable bonds is 4. The van der Waals surface area contributed by atoms with Crippen molar-refractivity contribution in [1.29, 1.82) is 0 Å². The first-order valence-electron chi connectivity index (χ1n) is 11.3. The van der Waals surface area contributed by atoms with Crippen LogP contribution >= 0.6 is 0 Å². The number of hydrogen-bond acceptors (Lipinski definition) is 4. The average molecular weight is 459 g/mol. The number of carbonyl (C=O) groups excluding carboxylic acids is 2. The van der Waals surface area contributed by atoms with E-state index >= 15 is 0 Å². The van der Waals surface area contributed by atoms with Gasteiger partial charge in [-0.25, -0.2) is 4.79 Å². The Morgan fingerprint density at radius 3 is 2.41 bits per heavy atom. The van der Waals surface area contributed by atoms with Crippen molar-refractivity contribution in [3.63, 3.8) is 0 Å². The minimum Gasteiger partial charge on any atom is -0.497 e. The fourth-order valence-corrected chi connectivity index (χ4v) is 4.87. The van der Waals surface area contributed by atoms with E-state index in [1.165, 1.54) is 0 Å². The Labute approximate surface area is 197 Å². The van der Waals surface area contributed by atoms with E-state index in [2.05, 4.69) is 10.6 Å². The third-order valence-electron chi connectivity index (χ3n) is 6.52. The standard InChI is InChI=1S/C26H26N4O4/c1-34-21-9-7-20(8-10-21)27-26(33)29-14-17-13-19(16-29)23-12-11-22(25(32)30(23)15-17)28-24(31)18-5-3-2-4-6-18/h2-12,17,19H,13-16H2,1H3,(H,27,33)(H,28,31). The molecule has 1 aromatic heterocycles. The number of piperidine rings is 1. The van der Waals surface area contributed by atoms with Gasteiger partial charge in [-0.15, -0.1) is 0 Å². The third-order valence-corrected chi connectivity index (χ3v) is 6.52. The van der Waals surface area contributed by atoms with Crippen LogP contribution in [0.5, 0.6) is 5.75 Å². The molecule has 174 valence electrons. The van der Waals surface area contributed by atoms with Gasteiger partial charge in [-0.2, -0.15) is 0 Å². The molecule has 8 nitrogen and oxygen atoms in total. The van der Waals surface area contributed by atoms with Crippen LogP contribution in [0.1, 0.15) is 28.4 Å². The number of benzene rings is 2. The van der Waals surface area contributed by atoms with Crippen LogP contribution in [-0.4, -0.2) is 41.6 Å². The second-order valence-corrected chi connectivity index (χ2v) is 8.77. The van der Waals surface area contributed by atoms with Gasteiger partial charge in [-0.3, -0.25) is 9.59 Å². The Bertz CT molecular complexity index is 1270. The molecule has 8 heteroatoms. The minimum absolute atomic E-state index is 0.0701.